The zero-order chi connectivity index (χ0) is 12.3. The van der Waals surface area contributed by atoms with Gasteiger partial charge in [0.25, 0.3) is 0 Å². The number of aryl methyl sites for hydroxylation is 2. The minimum atomic E-state index is 0.609. The number of aromatic nitrogens is 2. The van der Waals surface area contributed by atoms with Crippen molar-refractivity contribution in [2.75, 3.05) is 11.9 Å². The minimum Gasteiger partial charge on any atom is -0.330 e. The average Bonchev–Trinajstić information content (AvgIpc) is 2.72. The van der Waals surface area contributed by atoms with E-state index in [0.29, 0.717) is 6.54 Å². The fourth-order valence-electron chi connectivity index (χ4n) is 1.47. The summed E-state index contributed by atoms with van der Waals surface area (Å²) < 4.78 is 0. The largest absolute Gasteiger partial charge is 0.330 e. The van der Waals surface area contributed by atoms with E-state index < -0.39 is 0 Å². The fourth-order valence-corrected chi connectivity index (χ4v) is 2.25. The minimum absolute atomic E-state index is 0.609. The van der Waals surface area contributed by atoms with Crippen molar-refractivity contribution in [3.8, 4) is 0 Å². The fraction of sp³-hybridized carbons (Fsp3) is 0.333. The monoisotopic (exact) mass is 248 g/mol. The Balaban J connectivity index is 2.11. The van der Waals surface area contributed by atoms with Gasteiger partial charge in [0.2, 0.25) is 5.13 Å². The maximum atomic E-state index is 5.48. The second kappa shape index (κ2) is 5.25. The van der Waals surface area contributed by atoms with Crippen LogP contribution < -0.4 is 11.1 Å². The Morgan fingerprint density at radius 3 is 2.76 bits per heavy atom. The summed E-state index contributed by atoms with van der Waals surface area (Å²) in [5.74, 6) is 0. The van der Waals surface area contributed by atoms with Crippen LogP contribution in [0.5, 0.6) is 0 Å². The zero-order valence-corrected chi connectivity index (χ0v) is 10.8. The molecule has 17 heavy (non-hydrogen) atoms. The second-order valence-electron chi connectivity index (χ2n) is 3.96. The van der Waals surface area contributed by atoms with Gasteiger partial charge in [-0.3, -0.25) is 0 Å². The molecule has 3 N–H and O–H groups in total. The van der Waals surface area contributed by atoms with Crippen LogP contribution in [0.3, 0.4) is 0 Å². The highest BCUT2D eigenvalue weighted by Gasteiger charge is 2.04. The lowest BCUT2D eigenvalue weighted by Gasteiger charge is -2.05. The Kier molecular flexibility index (Phi) is 3.71. The first kappa shape index (κ1) is 12.0. The lowest BCUT2D eigenvalue weighted by molar-refractivity contribution is 0.913. The van der Waals surface area contributed by atoms with Crippen molar-refractivity contribution < 1.29 is 0 Å². The Morgan fingerprint density at radius 2 is 2.06 bits per heavy atom. The van der Waals surface area contributed by atoms with Crippen molar-refractivity contribution in [2.45, 2.75) is 20.3 Å². The summed E-state index contributed by atoms with van der Waals surface area (Å²) in [6.45, 7) is 4.81. The highest BCUT2D eigenvalue weighted by atomic mass is 32.1. The molecule has 2 aromatic rings. The van der Waals surface area contributed by atoms with Gasteiger partial charge in [-0.05, 0) is 43.7 Å². The number of hydrogen-bond acceptors (Lipinski definition) is 5. The number of nitrogens with two attached hydrogens (primary N) is 1. The Morgan fingerprint density at radius 1 is 1.24 bits per heavy atom. The molecule has 2 rings (SSSR count). The van der Waals surface area contributed by atoms with Gasteiger partial charge in [-0.15, -0.1) is 10.2 Å². The summed E-state index contributed by atoms with van der Waals surface area (Å²) in [5.41, 5.74) is 9.08. The SMILES string of the molecule is Cc1ccc(Nc2nnc(CCN)s2)cc1C. The Hall–Kier alpha value is -1.46. The topological polar surface area (TPSA) is 63.8 Å². The van der Waals surface area contributed by atoms with Crippen LogP contribution in [-0.4, -0.2) is 16.7 Å². The molecule has 0 radical (unpaired) electrons. The summed E-state index contributed by atoms with van der Waals surface area (Å²) >= 11 is 1.55. The number of anilines is 2. The van der Waals surface area contributed by atoms with E-state index in [0.717, 1.165) is 22.2 Å². The summed E-state index contributed by atoms with van der Waals surface area (Å²) in [6.07, 6.45) is 0.784. The van der Waals surface area contributed by atoms with Crippen molar-refractivity contribution in [1.29, 1.82) is 0 Å². The molecule has 0 aliphatic rings. The first-order valence-corrected chi connectivity index (χ1v) is 6.37. The van der Waals surface area contributed by atoms with Gasteiger partial charge >= 0.3 is 0 Å². The van der Waals surface area contributed by atoms with Crippen LogP contribution >= 0.6 is 11.3 Å². The van der Waals surface area contributed by atoms with Crippen LogP contribution in [0.15, 0.2) is 18.2 Å². The summed E-state index contributed by atoms with van der Waals surface area (Å²) in [5, 5.41) is 13.2. The van der Waals surface area contributed by atoms with Gasteiger partial charge in [0.15, 0.2) is 0 Å². The van der Waals surface area contributed by atoms with E-state index in [-0.39, 0.29) is 0 Å². The summed E-state index contributed by atoms with van der Waals surface area (Å²) in [7, 11) is 0. The van der Waals surface area contributed by atoms with E-state index in [1.54, 1.807) is 11.3 Å². The quantitative estimate of drug-likeness (QED) is 0.872. The molecule has 4 nitrogen and oxygen atoms in total. The van der Waals surface area contributed by atoms with Gasteiger partial charge in [-0.25, -0.2) is 0 Å². The predicted octanol–water partition coefficient (Wildman–Crippen LogP) is 2.40. The molecule has 0 atom stereocenters. The maximum Gasteiger partial charge on any atom is 0.210 e. The molecule has 0 saturated carbocycles. The molecular formula is C12H16N4S. The van der Waals surface area contributed by atoms with Crippen molar-refractivity contribution in [3.63, 3.8) is 0 Å². The normalized spacial score (nSPS) is 10.5. The van der Waals surface area contributed by atoms with Crippen LogP contribution in [0, 0.1) is 13.8 Å². The first-order valence-electron chi connectivity index (χ1n) is 5.56. The van der Waals surface area contributed by atoms with E-state index >= 15 is 0 Å². The number of nitrogens with one attached hydrogen (secondary N) is 1. The molecule has 1 heterocycles. The molecule has 0 aliphatic carbocycles. The summed E-state index contributed by atoms with van der Waals surface area (Å²) in [4.78, 5) is 0. The highest BCUT2D eigenvalue weighted by Crippen LogP contribution is 2.22. The van der Waals surface area contributed by atoms with Crippen molar-refractivity contribution in [1.82, 2.24) is 10.2 Å². The third-order valence-corrected chi connectivity index (χ3v) is 3.48. The molecule has 0 aliphatic heterocycles. The average molecular weight is 248 g/mol. The van der Waals surface area contributed by atoms with E-state index in [1.807, 2.05) is 6.07 Å². The van der Waals surface area contributed by atoms with E-state index in [2.05, 4.69) is 41.5 Å². The molecule has 0 saturated heterocycles. The van der Waals surface area contributed by atoms with Crippen molar-refractivity contribution >= 4 is 22.2 Å². The van der Waals surface area contributed by atoms with Crippen molar-refractivity contribution in [2.24, 2.45) is 5.73 Å². The van der Waals surface area contributed by atoms with E-state index in [9.17, 15) is 0 Å². The molecule has 0 bridgehead atoms. The van der Waals surface area contributed by atoms with Gasteiger partial charge in [0, 0.05) is 12.1 Å². The molecular weight excluding hydrogens is 232 g/mol. The van der Waals surface area contributed by atoms with Crippen LogP contribution in [0.25, 0.3) is 0 Å². The second-order valence-corrected chi connectivity index (χ2v) is 5.03. The molecule has 0 fully saturated rings. The van der Waals surface area contributed by atoms with Crippen LogP contribution in [0.1, 0.15) is 16.1 Å². The molecule has 1 aromatic heterocycles. The van der Waals surface area contributed by atoms with Crippen LogP contribution in [-0.2, 0) is 6.42 Å². The molecule has 90 valence electrons. The maximum absolute atomic E-state index is 5.48. The standard InChI is InChI=1S/C12H16N4S/c1-8-3-4-10(7-9(8)2)14-12-16-15-11(17-12)5-6-13/h3-4,7H,5-6,13H2,1-2H3,(H,14,16). The first-order chi connectivity index (χ1) is 8.19. The van der Waals surface area contributed by atoms with Gasteiger partial charge in [-0.2, -0.15) is 0 Å². The zero-order valence-electron chi connectivity index (χ0n) is 10.0. The predicted molar refractivity (Wildman–Crippen MR) is 71.9 cm³/mol. The number of benzene rings is 1. The lowest BCUT2D eigenvalue weighted by Crippen LogP contribution is -2.01. The van der Waals surface area contributed by atoms with Crippen LogP contribution in [0.2, 0.25) is 0 Å². The molecule has 0 spiro atoms. The lowest BCUT2D eigenvalue weighted by atomic mass is 10.1. The van der Waals surface area contributed by atoms with Gasteiger partial charge < -0.3 is 11.1 Å². The number of nitrogens with zero attached hydrogens (tertiary/aromatic N) is 2. The smallest absolute Gasteiger partial charge is 0.210 e. The van der Waals surface area contributed by atoms with Gasteiger partial charge in [-0.1, -0.05) is 17.4 Å². The van der Waals surface area contributed by atoms with Crippen LogP contribution in [0.4, 0.5) is 10.8 Å². The van der Waals surface area contributed by atoms with Crippen molar-refractivity contribution in [3.05, 3.63) is 34.3 Å². The molecule has 5 heteroatoms. The third-order valence-electron chi connectivity index (χ3n) is 2.58. The Bertz CT molecular complexity index is 507. The molecule has 0 amide bonds. The van der Waals surface area contributed by atoms with Gasteiger partial charge in [0.05, 0.1) is 0 Å². The molecule has 1 aromatic carbocycles. The number of hydrogen-bond donors (Lipinski definition) is 2. The third kappa shape index (κ3) is 3.01. The van der Waals surface area contributed by atoms with E-state index in [4.69, 9.17) is 5.73 Å². The number of rotatable bonds is 4. The Labute approximate surface area is 105 Å². The molecule has 0 unspecified atom stereocenters. The highest BCUT2D eigenvalue weighted by molar-refractivity contribution is 7.15. The van der Waals surface area contributed by atoms with E-state index in [1.165, 1.54) is 11.1 Å². The summed E-state index contributed by atoms with van der Waals surface area (Å²) in [6, 6.07) is 6.26. The van der Waals surface area contributed by atoms with Gasteiger partial charge in [0.1, 0.15) is 5.01 Å².